The number of rotatable bonds is 3. The van der Waals surface area contributed by atoms with Crippen molar-refractivity contribution in [2.45, 2.75) is 33.6 Å². The van der Waals surface area contributed by atoms with Crippen molar-refractivity contribution >= 4 is 34.8 Å². The molecule has 0 spiro atoms. The highest BCUT2D eigenvalue weighted by Gasteiger charge is 2.25. The van der Waals surface area contributed by atoms with E-state index in [1.807, 2.05) is 18.2 Å². The molecule has 0 unspecified atom stereocenters. The number of fused-ring (bicyclic) bond motifs is 1. The van der Waals surface area contributed by atoms with Gasteiger partial charge in [0.2, 0.25) is 0 Å². The molecule has 3 rings (SSSR count). The van der Waals surface area contributed by atoms with Gasteiger partial charge in [-0.3, -0.25) is 4.79 Å². The van der Waals surface area contributed by atoms with Gasteiger partial charge in [0.05, 0.1) is 5.57 Å². The van der Waals surface area contributed by atoms with Gasteiger partial charge < -0.3 is 10.3 Å². The smallest absolute Gasteiger partial charge is 0.256 e. The number of aryl methyl sites for hydroxylation is 1. The Hall–Kier alpha value is -2.00. The molecule has 1 aliphatic heterocycles. The van der Waals surface area contributed by atoms with Crippen LogP contribution in [-0.4, -0.2) is 10.9 Å². The van der Waals surface area contributed by atoms with E-state index in [9.17, 15) is 4.79 Å². The van der Waals surface area contributed by atoms with Crippen LogP contribution in [0.4, 0.5) is 5.69 Å². The number of nitrogens with one attached hydrogen (secondary N) is 2. The molecule has 0 saturated carbocycles. The molecule has 114 valence electrons. The highest BCUT2D eigenvalue weighted by molar-refractivity contribution is 6.36. The normalized spacial score (nSPS) is 15.3. The maximum absolute atomic E-state index is 12.2. The summed E-state index contributed by atoms with van der Waals surface area (Å²) >= 11 is 6.07. The van der Waals surface area contributed by atoms with Gasteiger partial charge in [-0.25, -0.2) is 0 Å². The SMILES string of the molecule is CCCc1c(C)[nH]c(/C=C2\C(=O)Nc3ccc(Cl)cc32)c1C. The van der Waals surface area contributed by atoms with Crippen molar-refractivity contribution in [1.82, 2.24) is 4.98 Å². The summed E-state index contributed by atoms with van der Waals surface area (Å²) in [4.78, 5) is 15.6. The predicted octanol–water partition coefficient (Wildman–Crippen LogP) is 4.73. The number of carbonyl (C=O) groups is 1. The molecule has 1 aliphatic rings. The van der Waals surface area contributed by atoms with Crippen molar-refractivity contribution in [2.75, 3.05) is 5.32 Å². The summed E-state index contributed by atoms with van der Waals surface area (Å²) in [7, 11) is 0. The molecule has 3 nitrogen and oxygen atoms in total. The van der Waals surface area contributed by atoms with E-state index in [1.54, 1.807) is 6.07 Å². The first kappa shape index (κ1) is 14.9. The second-order valence-corrected chi connectivity index (χ2v) is 6.16. The van der Waals surface area contributed by atoms with Crippen LogP contribution in [-0.2, 0) is 11.2 Å². The minimum absolute atomic E-state index is 0.0824. The first-order chi connectivity index (χ1) is 10.5. The number of aromatic nitrogens is 1. The summed E-state index contributed by atoms with van der Waals surface area (Å²) in [6, 6.07) is 5.46. The van der Waals surface area contributed by atoms with Gasteiger partial charge >= 0.3 is 0 Å². The van der Waals surface area contributed by atoms with E-state index in [2.05, 4.69) is 31.1 Å². The lowest BCUT2D eigenvalue weighted by molar-refractivity contribution is -0.110. The quantitative estimate of drug-likeness (QED) is 0.790. The van der Waals surface area contributed by atoms with Crippen molar-refractivity contribution < 1.29 is 4.79 Å². The minimum atomic E-state index is -0.0824. The number of hydrogen-bond donors (Lipinski definition) is 2. The maximum atomic E-state index is 12.2. The van der Waals surface area contributed by atoms with Crippen LogP contribution in [0.15, 0.2) is 18.2 Å². The largest absolute Gasteiger partial charge is 0.359 e. The second-order valence-electron chi connectivity index (χ2n) is 5.72. The summed E-state index contributed by atoms with van der Waals surface area (Å²) in [5.41, 5.74) is 7.07. The first-order valence-corrected chi connectivity index (χ1v) is 7.90. The maximum Gasteiger partial charge on any atom is 0.256 e. The number of anilines is 1. The number of halogens is 1. The molecule has 0 bridgehead atoms. The first-order valence-electron chi connectivity index (χ1n) is 7.52. The third kappa shape index (κ3) is 2.46. The lowest BCUT2D eigenvalue weighted by Crippen LogP contribution is -2.03. The van der Waals surface area contributed by atoms with Gasteiger partial charge in [0.15, 0.2) is 0 Å². The van der Waals surface area contributed by atoms with Crippen LogP contribution in [0, 0.1) is 13.8 Å². The summed E-state index contributed by atoms with van der Waals surface area (Å²) in [5.74, 6) is -0.0824. The van der Waals surface area contributed by atoms with Crippen molar-refractivity contribution in [2.24, 2.45) is 0 Å². The number of benzene rings is 1. The Kier molecular flexibility index (Phi) is 3.83. The Morgan fingerprint density at radius 3 is 2.77 bits per heavy atom. The van der Waals surface area contributed by atoms with E-state index in [0.29, 0.717) is 10.6 Å². The van der Waals surface area contributed by atoms with Crippen molar-refractivity contribution in [3.63, 3.8) is 0 Å². The molecule has 2 heterocycles. The zero-order valence-electron chi connectivity index (χ0n) is 13.0. The highest BCUT2D eigenvalue weighted by Crippen LogP contribution is 2.35. The van der Waals surface area contributed by atoms with Crippen molar-refractivity contribution in [3.8, 4) is 0 Å². The van der Waals surface area contributed by atoms with E-state index in [1.165, 1.54) is 16.8 Å². The molecular weight excluding hydrogens is 296 g/mol. The molecule has 2 N–H and O–H groups in total. The molecule has 1 aromatic carbocycles. The zero-order valence-corrected chi connectivity index (χ0v) is 13.8. The van der Waals surface area contributed by atoms with Crippen LogP contribution in [0.3, 0.4) is 0 Å². The molecule has 1 aromatic heterocycles. The molecular formula is C18H19ClN2O. The summed E-state index contributed by atoms with van der Waals surface area (Å²) < 4.78 is 0. The summed E-state index contributed by atoms with van der Waals surface area (Å²) in [6.07, 6.45) is 4.08. The topological polar surface area (TPSA) is 44.9 Å². The van der Waals surface area contributed by atoms with Crippen LogP contribution < -0.4 is 5.32 Å². The Labute approximate surface area is 135 Å². The van der Waals surface area contributed by atoms with E-state index in [0.717, 1.165) is 29.8 Å². The van der Waals surface area contributed by atoms with Gasteiger partial charge in [-0.05, 0) is 55.7 Å². The molecule has 22 heavy (non-hydrogen) atoms. The lowest BCUT2D eigenvalue weighted by atomic mass is 10.0. The molecule has 4 heteroatoms. The van der Waals surface area contributed by atoms with Crippen LogP contribution >= 0.6 is 11.6 Å². The average Bonchev–Trinajstić information content (AvgIpc) is 2.92. The Bertz CT molecular complexity index is 787. The third-order valence-electron chi connectivity index (χ3n) is 4.18. The van der Waals surface area contributed by atoms with Crippen molar-refractivity contribution in [1.29, 1.82) is 0 Å². The second kappa shape index (κ2) is 5.65. The Morgan fingerprint density at radius 1 is 1.27 bits per heavy atom. The van der Waals surface area contributed by atoms with Crippen LogP contribution in [0.5, 0.6) is 0 Å². The van der Waals surface area contributed by atoms with Crippen LogP contribution in [0.2, 0.25) is 5.02 Å². The van der Waals surface area contributed by atoms with Crippen molar-refractivity contribution in [3.05, 3.63) is 51.3 Å². The fraction of sp³-hybridized carbons (Fsp3) is 0.278. The number of amides is 1. The zero-order chi connectivity index (χ0) is 15.9. The van der Waals surface area contributed by atoms with E-state index >= 15 is 0 Å². The fourth-order valence-electron chi connectivity index (χ4n) is 3.03. The number of aromatic amines is 1. The number of H-pyrrole nitrogens is 1. The Morgan fingerprint density at radius 2 is 2.05 bits per heavy atom. The average molecular weight is 315 g/mol. The van der Waals surface area contributed by atoms with Gasteiger partial charge in [0.25, 0.3) is 5.91 Å². The van der Waals surface area contributed by atoms with Gasteiger partial charge in [-0.2, -0.15) is 0 Å². The standard InChI is InChI=1S/C18H19ClN2O/c1-4-5-13-10(2)17(20-11(13)3)9-15-14-8-12(19)6-7-16(14)21-18(15)22/h6-9,20H,4-5H2,1-3H3,(H,21,22)/b15-9-. The lowest BCUT2D eigenvalue weighted by Gasteiger charge is -2.00. The number of carbonyl (C=O) groups excluding carboxylic acids is 1. The summed E-state index contributed by atoms with van der Waals surface area (Å²) in [6.45, 7) is 6.36. The third-order valence-corrected chi connectivity index (χ3v) is 4.42. The molecule has 0 saturated heterocycles. The van der Waals surface area contributed by atoms with Gasteiger partial charge in [0, 0.05) is 27.7 Å². The van der Waals surface area contributed by atoms with Gasteiger partial charge in [-0.1, -0.05) is 24.9 Å². The van der Waals surface area contributed by atoms with Crippen LogP contribution in [0.25, 0.3) is 11.6 Å². The molecule has 0 radical (unpaired) electrons. The Balaban J connectivity index is 2.09. The molecule has 1 amide bonds. The minimum Gasteiger partial charge on any atom is -0.359 e. The summed E-state index contributed by atoms with van der Waals surface area (Å²) in [5, 5.41) is 3.51. The monoisotopic (exact) mass is 314 g/mol. The molecule has 2 aromatic rings. The van der Waals surface area contributed by atoms with Crippen LogP contribution in [0.1, 0.15) is 41.4 Å². The van der Waals surface area contributed by atoms with Gasteiger partial charge in [-0.15, -0.1) is 0 Å². The highest BCUT2D eigenvalue weighted by atomic mass is 35.5. The van der Waals surface area contributed by atoms with E-state index in [-0.39, 0.29) is 5.91 Å². The molecule has 0 aliphatic carbocycles. The number of hydrogen-bond acceptors (Lipinski definition) is 1. The van der Waals surface area contributed by atoms with E-state index in [4.69, 9.17) is 11.6 Å². The predicted molar refractivity (Wildman–Crippen MR) is 92.2 cm³/mol. The molecule has 0 fully saturated rings. The fourth-order valence-corrected chi connectivity index (χ4v) is 3.20. The van der Waals surface area contributed by atoms with Gasteiger partial charge in [0.1, 0.15) is 0 Å². The molecule has 0 atom stereocenters. The van der Waals surface area contributed by atoms with E-state index < -0.39 is 0 Å².